The van der Waals surface area contributed by atoms with E-state index in [0.717, 1.165) is 18.7 Å². The van der Waals surface area contributed by atoms with Crippen LogP contribution in [0.4, 0.5) is 0 Å². The summed E-state index contributed by atoms with van der Waals surface area (Å²) in [5, 5.41) is 3.75. The summed E-state index contributed by atoms with van der Waals surface area (Å²) in [6, 6.07) is 2.16. The average Bonchev–Trinajstić information content (AvgIpc) is 2.64. The topological polar surface area (TPSA) is 34.1 Å². The minimum absolute atomic E-state index is 0.0832. The lowest BCUT2D eigenvalue weighted by Crippen LogP contribution is -2.41. The van der Waals surface area contributed by atoms with Crippen LogP contribution >= 0.6 is 0 Å². The summed E-state index contributed by atoms with van der Waals surface area (Å²) in [4.78, 5) is 4.37. The first-order valence-electron chi connectivity index (χ1n) is 7.53. The largest absolute Gasteiger partial charge is 0.489 e. The first kappa shape index (κ1) is 14.3. The molecular weight excluding hydrogens is 236 g/mol. The van der Waals surface area contributed by atoms with Gasteiger partial charge in [-0.2, -0.15) is 0 Å². The second-order valence-corrected chi connectivity index (χ2v) is 5.75. The number of ether oxygens (including phenoxy) is 1. The zero-order valence-corrected chi connectivity index (χ0v) is 12.4. The Morgan fingerprint density at radius 2 is 2.16 bits per heavy atom. The van der Waals surface area contributed by atoms with Crippen molar-refractivity contribution in [3.8, 4) is 5.75 Å². The van der Waals surface area contributed by atoms with Crippen LogP contribution in [0, 0.1) is 0 Å². The predicted molar refractivity (Wildman–Crippen MR) is 78.4 cm³/mol. The Morgan fingerprint density at radius 1 is 1.32 bits per heavy atom. The molecule has 3 nitrogen and oxygen atoms in total. The van der Waals surface area contributed by atoms with Gasteiger partial charge >= 0.3 is 0 Å². The SMILES string of the molecule is CCC1(c2cncc(OC(C)C)c2)CCCCCN1. The molecule has 0 spiro atoms. The molecule has 1 aliphatic rings. The fourth-order valence-corrected chi connectivity index (χ4v) is 2.91. The molecule has 19 heavy (non-hydrogen) atoms. The van der Waals surface area contributed by atoms with E-state index in [9.17, 15) is 0 Å². The number of nitrogens with one attached hydrogen (secondary N) is 1. The van der Waals surface area contributed by atoms with E-state index in [1.807, 2.05) is 26.2 Å². The van der Waals surface area contributed by atoms with Gasteiger partial charge in [-0.25, -0.2) is 0 Å². The molecule has 1 saturated heterocycles. The number of hydrogen-bond acceptors (Lipinski definition) is 3. The van der Waals surface area contributed by atoms with Gasteiger partial charge in [0.05, 0.1) is 12.3 Å². The monoisotopic (exact) mass is 262 g/mol. The van der Waals surface area contributed by atoms with Crippen LogP contribution in [-0.4, -0.2) is 17.6 Å². The van der Waals surface area contributed by atoms with E-state index >= 15 is 0 Å². The maximum atomic E-state index is 5.78. The summed E-state index contributed by atoms with van der Waals surface area (Å²) in [6.45, 7) is 7.45. The predicted octanol–water partition coefficient (Wildman–Crippen LogP) is 3.64. The summed E-state index contributed by atoms with van der Waals surface area (Å²) < 4.78 is 5.78. The molecule has 1 unspecified atom stereocenters. The summed E-state index contributed by atoms with van der Waals surface area (Å²) in [5.74, 6) is 0.881. The molecule has 3 heteroatoms. The third-order valence-electron chi connectivity index (χ3n) is 3.98. The fourth-order valence-electron chi connectivity index (χ4n) is 2.91. The van der Waals surface area contributed by atoms with E-state index in [2.05, 4.69) is 23.3 Å². The molecule has 1 atom stereocenters. The Labute approximate surface area is 116 Å². The highest BCUT2D eigenvalue weighted by atomic mass is 16.5. The Hall–Kier alpha value is -1.09. The maximum absolute atomic E-state index is 5.78. The minimum atomic E-state index is 0.0832. The number of aromatic nitrogens is 1. The Morgan fingerprint density at radius 3 is 2.89 bits per heavy atom. The van der Waals surface area contributed by atoms with E-state index in [-0.39, 0.29) is 11.6 Å². The molecule has 1 aromatic heterocycles. The van der Waals surface area contributed by atoms with Gasteiger partial charge in [0.1, 0.15) is 5.75 Å². The van der Waals surface area contributed by atoms with E-state index < -0.39 is 0 Å². The van der Waals surface area contributed by atoms with Crippen molar-refractivity contribution in [3.05, 3.63) is 24.0 Å². The molecule has 0 saturated carbocycles. The van der Waals surface area contributed by atoms with Crippen molar-refractivity contribution in [1.82, 2.24) is 10.3 Å². The van der Waals surface area contributed by atoms with Crippen LogP contribution in [0.2, 0.25) is 0 Å². The second kappa shape index (κ2) is 6.38. The molecule has 0 aromatic carbocycles. The first-order valence-corrected chi connectivity index (χ1v) is 7.53. The standard InChI is InChI=1S/C16H26N2O/c1-4-16(8-6-5-7-9-18-16)14-10-15(12-17-11-14)19-13(2)3/h10-13,18H,4-9H2,1-3H3. The van der Waals surface area contributed by atoms with Gasteiger partial charge in [-0.05, 0) is 51.3 Å². The van der Waals surface area contributed by atoms with Gasteiger partial charge in [0.15, 0.2) is 0 Å². The third kappa shape index (κ3) is 3.47. The lowest BCUT2D eigenvalue weighted by atomic mass is 9.84. The van der Waals surface area contributed by atoms with Crippen LogP contribution < -0.4 is 10.1 Å². The number of rotatable bonds is 4. The van der Waals surface area contributed by atoms with Crippen molar-refractivity contribution in [3.63, 3.8) is 0 Å². The Balaban J connectivity index is 2.26. The molecule has 0 aliphatic carbocycles. The lowest BCUT2D eigenvalue weighted by molar-refractivity contribution is 0.239. The summed E-state index contributed by atoms with van der Waals surface area (Å²) in [6.07, 6.45) is 10.2. The van der Waals surface area contributed by atoms with Gasteiger partial charge < -0.3 is 10.1 Å². The average molecular weight is 262 g/mol. The molecule has 2 rings (SSSR count). The molecule has 0 bridgehead atoms. The Kier molecular flexibility index (Phi) is 4.81. The molecule has 1 N–H and O–H groups in total. The molecular formula is C16H26N2O. The van der Waals surface area contributed by atoms with Crippen LogP contribution in [0.15, 0.2) is 18.5 Å². The molecule has 106 valence electrons. The van der Waals surface area contributed by atoms with E-state index in [1.165, 1.54) is 31.2 Å². The van der Waals surface area contributed by atoms with Gasteiger partial charge in [0.2, 0.25) is 0 Å². The second-order valence-electron chi connectivity index (χ2n) is 5.75. The first-order chi connectivity index (χ1) is 9.16. The summed E-state index contributed by atoms with van der Waals surface area (Å²) in [5.41, 5.74) is 1.36. The highest BCUT2D eigenvalue weighted by molar-refractivity contribution is 5.30. The van der Waals surface area contributed by atoms with Crippen molar-refractivity contribution < 1.29 is 4.74 Å². The van der Waals surface area contributed by atoms with Crippen LogP contribution in [0.25, 0.3) is 0 Å². The molecule has 1 fully saturated rings. The quantitative estimate of drug-likeness (QED) is 0.899. The van der Waals surface area contributed by atoms with Gasteiger partial charge in [-0.3, -0.25) is 4.98 Å². The highest BCUT2D eigenvalue weighted by Crippen LogP contribution is 2.34. The molecule has 1 aromatic rings. The van der Waals surface area contributed by atoms with Gasteiger partial charge in [0.25, 0.3) is 0 Å². The van der Waals surface area contributed by atoms with E-state index in [0.29, 0.717) is 0 Å². The molecule has 0 radical (unpaired) electrons. The molecule has 0 amide bonds. The van der Waals surface area contributed by atoms with Gasteiger partial charge in [0, 0.05) is 11.7 Å². The Bertz CT molecular complexity index is 395. The van der Waals surface area contributed by atoms with Crippen LogP contribution in [0.3, 0.4) is 0 Å². The van der Waals surface area contributed by atoms with Crippen molar-refractivity contribution in [2.45, 2.75) is 64.5 Å². The maximum Gasteiger partial charge on any atom is 0.138 e. The van der Waals surface area contributed by atoms with E-state index in [4.69, 9.17) is 4.74 Å². The van der Waals surface area contributed by atoms with Crippen LogP contribution in [-0.2, 0) is 5.54 Å². The normalized spacial score (nSPS) is 24.2. The van der Waals surface area contributed by atoms with Crippen molar-refractivity contribution in [2.24, 2.45) is 0 Å². The van der Waals surface area contributed by atoms with E-state index in [1.54, 1.807) is 0 Å². The zero-order valence-electron chi connectivity index (χ0n) is 12.4. The summed E-state index contributed by atoms with van der Waals surface area (Å²) in [7, 11) is 0. The number of nitrogens with zero attached hydrogens (tertiary/aromatic N) is 1. The van der Waals surface area contributed by atoms with Gasteiger partial charge in [-0.15, -0.1) is 0 Å². The van der Waals surface area contributed by atoms with Crippen molar-refractivity contribution in [1.29, 1.82) is 0 Å². The molecule has 2 heterocycles. The number of pyridine rings is 1. The number of hydrogen-bond donors (Lipinski definition) is 1. The van der Waals surface area contributed by atoms with Gasteiger partial charge in [-0.1, -0.05) is 19.8 Å². The summed E-state index contributed by atoms with van der Waals surface area (Å²) >= 11 is 0. The smallest absolute Gasteiger partial charge is 0.138 e. The fraction of sp³-hybridized carbons (Fsp3) is 0.688. The third-order valence-corrected chi connectivity index (χ3v) is 3.98. The van der Waals surface area contributed by atoms with Crippen LogP contribution in [0.1, 0.15) is 58.4 Å². The zero-order chi connectivity index (χ0) is 13.7. The van der Waals surface area contributed by atoms with Crippen molar-refractivity contribution >= 4 is 0 Å². The minimum Gasteiger partial charge on any atom is -0.489 e. The van der Waals surface area contributed by atoms with Crippen molar-refractivity contribution in [2.75, 3.05) is 6.54 Å². The molecule has 1 aliphatic heterocycles. The highest BCUT2D eigenvalue weighted by Gasteiger charge is 2.31. The lowest BCUT2D eigenvalue weighted by Gasteiger charge is -2.33. The van der Waals surface area contributed by atoms with Crippen LogP contribution in [0.5, 0.6) is 5.75 Å².